The number of hydrogen-bond donors (Lipinski definition) is 1. The van der Waals surface area contributed by atoms with Crippen LogP contribution in [0.3, 0.4) is 0 Å². The zero-order valence-electron chi connectivity index (χ0n) is 6.31. The van der Waals surface area contributed by atoms with Crippen LogP contribution >= 0.6 is 0 Å². The fourth-order valence-corrected chi connectivity index (χ4v) is 1.58. The van der Waals surface area contributed by atoms with Gasteiger partial charge in [0.15, 0.2) is 0 Å². The first-order valence-electron chi connectivity index (χ1n) is 3.11. The lowest BCUT2D eigenvalue weighted by atomic mass is 10.8. The van der Waals surface area contributed by atoms with Gasteiger partial charge in [0.1, 0.15) is 0 Å². The molecule has 0 bridgehead atoms. The molecule has 0 aromatic rings. The lowest BCUT2D eigenvalue weighted by Crippen LogP contribution is -2.34. The van der Waals surface area contributed by atoms with Crippen LogP contribution in [0.25, 0.3) is 0 Å². The SMILES string of the molecule is CCNC[SiH](OC)OC. The van der Waals surface area contributed by atoms with E-state index in [-0.39, 0.29) is 0 Å². The van der Waals surface area contributed by atoms with Gasteiger partial charge >= 0.3 is 9.28 Å². The third kappa shape index (κ3) is 4.59. The predicted octanol–water partition coefficient (Wildman–Crippen LogP) is -0.352. The van der Waals surface area contributed by atoms with Crippen LogP contribution in [0.4, 0.5) is 0 Å². The van der Waals surface area contributed by atoms with Gasteiger partial charge in [0.25, 0.3) is 0 Å². The lowest BCUT2D eigenvalue weighted by molar-refractivity contribution is 0.275. The van der Waals surface area contributed by atoms with Gasteiger partial charge in [-0.1, -0.05) is 6.92 Å². The molecule has 0 radical (unpaired) electrons. The summed E-state index contributed by atoms with van der Waals surface area (Å²) in [5.41, 5.74) is 0. The Kier molecular flexibility index (Phi) is 6.29. The topological polar surface area (TPSA) is 30.5 Å². The van der Waals surface area contributed by atoms with Crippen LogP contribution in [-0.4, -0.2) is 36.2 Å². The normalized spacial score (nSPS) is 10.7. The van der Waals surface area contributed by atoms with Gasteiger partial charge in [-0.15, -0.1) is 0 Å². The molecule has 0 amide bonds. The van der Waals surface area contributed by atoms with Crippen molar-refractivity contribution < 1.29 is 8.85 Å². The van der Waals surface area contributed by atoms with Crippen molar-refractivity contribution in [1.29, 1.82) is 0 Å². The van der Waals surface area contributed by atoms with Crippen molar-refractivity contribution in [2.75, 3.05) is 26.9 Å². The summed E-state index contributed by atoms with van der Waals surface area (Å²) < 4.78 is 10.1. The Morgan fingerprint density at radius 3 is 2.22 bits per heavy atom. The van der Waals surface area contributed by atoms with Crippen LogP contribution in [0.1, 0.15) is 6.92 Å². The second kappa shape index (κ2) is 6.22. The minimum Gasteiger partial charge on any atom is -0.399 e. The third-order valence-electron chi connectivity index (χ3n) is 1.09. The van der Waals surface area contributed by atoms with Gasteiger partial charge in [-0.25, -0.2) is 0 Å². The molecule has 0 heterocycles. The summed E-state index contributed by atoms with van der Waals surface area (Å²) in [6, 6.07) is 0. The van der Waals surface area contributed by atoms with E-state index >= 15 is 0 Å². The molecule has 9 heavy (non-hydrogen) atoms. The van der Waals surface area contributed by atoms with E-state index in [9.17, 15) is 0 Å². The Morgan fingerprint density at radius 2 is 1.89 bits per heavy atom. The quantitative estimate of drug-likeness (QED) is 0.542. The number of nitrogens with one attached hydrogen (secondary N) is 1. The zero-order valence-corrected chi connectivity index (χ0v) is 7.46. The van der Waals surface area contributed by atoms with Gasteiger partial charge < -0.3 is 14.2 Å². The number of hydrogen-bond acceptors (Lipinski definition) is 3. The molecule has 0 saturated carbocycles. The summed E-state index contributed by atoms with van der Waals surface area (Å²) in [4.78, 5) is 0. The van der Waals surface area contributed by atoms with E-state index in [1.54, 1.807) is 14.2 Å². The molecule has 0 atom stereocenters. The summed E-state index contributed by atoms with van der Waals surface area (Å²) in [6.07, 6.45) is 0.892. The Labute approximate surface area is 58.2 Å². The Balaban J connectivity index is 3.09. The summed E-state index contributed by atoms with van der Waals surface area (Å²) in [5.74, 6) is 0. The molecule has 0 aromatic carbocycles. The van der Waals surface area contributed by atoms with Crippen LogP contribution in [0.5, 0.6) is 0 Å². The average Bonchev–Trinajstić information content (AvgIpc) is 1.91. The second-order valence-corrected chi connectivity index (χ2v) is 3.92. The average molecular weight is 149 g/mol. The first-order chi connectivity index (χ1) is 4.35. The molecule has 0 spiro atoms. The Bertz CT molecular complexity index is 58.9. The van der Waals surface area contributed by atoms with Crippen LogP contribution in [0.2, 0.25) is 0 Å². The second-order valence-electron chi connectivity index (χ2n) is 1.71. The molecule has 0 fully saturated rings. The highest BCUT2D eigenvalue weighted by molar-refractivity contribution is 6.44. The zero-order chi connectivity index (χ0) is 7.11. The van der Waals surface area contributed by atoms with E-state index in [1.807, 2.05) is 0 Å². The summed E-state index contributed by atoms with van der Waals surface area (Å²) >= 11 is 0. The van der Waals surface area contributed by atoms with Crippen molar-refractivity contribution >= 4 is 9.28 Å². The smallest absolute Gasteiger partial charge is 0.335 e. The van der Waals surface area contributed by atoms with E-state index in [4.69, 9.17) is 8.85 Å². The van der Waals surface area contributed by atoms with E-state index in [1.165, 1.54) is 0 Å². The van der Waals surface area contributed by atoms with Gasteiger partial charge in [-0.05, 0) is 6.54 Å². The van der Waals surface area contributed by atoms with Crippen LogP contribution in [0.15, 0.2) is 0 Å². The van der Waals surface area contributed by atoms with Crippen molar-refractivity contribution in [3.05, 3.63) is 0 Å². The molecule has 56 valence electrons. The summed E-state index contributed by atoms with van der Waals surface area (Å²) in [7, 11) is 2.06. The van der Waals surface area contributed by atoms with Gasteiger partial charge in [0.2, 0.25) is 0 Å². The molecule has 0 aliphatic carbocycles. The lowest BCUT2D eigenvalue weighted by Gasteiger charge is -2.09. The molecule has 3 nitrogen and oxygen atoms in total. The third-order valence-corrected chi connectivity index (χ3v) is 2.76. The highest BCUT2D eigenvalue weighted by Crippen LogP contribution is 1.79. The van der Waals surface area contributed by atoms with Crippen molar-refractivity contribution in [2.45, 2.75) is 6.92 Å². The maximum absolute atomic E-state index is 5.06. The monoisotopic (exact) mass is 149 g/mol. The first-order valence-corrected chi connectivity index (χ1v) is 4.87. The van der Waals surface area contributed by atoms with E-state index in [0.29, 0.717) is 0 Å². The van der Waals surface area contributed by atoms with Crippen LogP contribution in [-0.2, 0) is 8.85 Å². The highest BCUT2D eigenvalue weighted by atomic mass is 28.3. The molecule has 0 unspecified atom stereocenters. The van der Waals surface area contributed by atoms with Crippen molar-refractivity contribution in [1.82, 2.24) is 5.32 Å². The Hall–Kier alpha value is 0.0969. The van der Waals surface area contributed by atoms with E-state index < -0.39 is 9.28 Å². The molecular formula is C5H15NO2Si. The van der Waals surface area contributed by atoms with Crippen LogP contribution in [0, 0.1) is 0 Å². The van der Waals surface area contributed by atoms with Crippen LogP contribution < -0.4 is 5.32 Å². The molecule has 4 heteroatoms. The molecule has 1 N–H and O–H groups in total. The van der Waals surface area contributed by atoms with Gasteiger partial charge in [0, 0.05) is 20.4 Å². The van der Waals surface area contributed by atoms with E-state index in [0.717, 1.165) is 12.7 Å². The van der Waals surface area contributed by atoms with Gasteiger partial charge in [-0.3, -0.25) is 0 Å². The maximum Gasteiger partial charge on any atom is 0.335 e. The van der Waals surface area contributed by atoms with Gasteiger partial charge in [-0.2, -0.15) is 0 Å². The fourth-order valence-electron chi connectivity index (χ4n) is 0.525. The fraction of sp³-hybridized carbons (Fsp3) is 1.00. The number of rotatable bonds is 5. The maximum atomic E-state index is 5.06. The summed E-state index contributed by atoms with van der Waals surface area (Å²) in [6.45, 7) is 3.05. The molecular weight excluding hydrogens is 134 g/mol. The Morgan fingerprint density at radius 1 is 1.33 bits per heavy atom. The highest BCUT2D eigenvalue weighted by Gasteiger charge is 2.06. The van der Waals surface area contributed by atoms with E-state index in [2.05, 4.69) is 12.2 Å². The molecule has 0 aromatic heterocycles. The summed E-state index contributed by atoms with van der Waals surface area (Å²) in [5, 5.41) is 3.16. The predicted molar refractivity (Wildman–Crippen MR) is 39.7 cm³/mol. The minimum absolute atomic E-state index is 0.892. The van der Waals surface area contributed by atoms with Gasteiger partial charge in [0.05, 0.1) is 0 Å². The minimum atomic E-state index is -1.32. The molecule has 0 aliphatic heterocycles. The molecule has 0 saturated heterocycles. The first kappa shape index (κ1) is 9.10. The van der Waals surface area contributed by atoms with Crippen molar-refractivity contribution in [3.8, 4) is 0 Å². The largest absolute Gasteiger partial charge is 0.399 e. The molecule has 0 rings (SSSR count). The van der Waals surface area contributed by atoms with Crippen molar-refractivity contribution in [3.63, 3.8) is 0 Å². The standard InChI is InChI=1S/C5H15NO2Si/c1-4-6-5-9(7-2)8-3/h6,9H,4-5H2,1-3H3. The van der Waals surface area contributed by atoms with Crippen molar-refractivity contribution in [2.24, 2.45) is 0 Å². The molecule has 0 aliphatic rings.